The summed E-state index contributed by atoms with van der Waals surface area (Å²) in [6, 6.07) is 1.32. The van der Waals surface area contributed by atoms with Crippen LogP contribution in [-0.2, 0) is 5.41 Å². The van der Waals surface area contributed by atoms with Crippen molar-refractivity contribution in [3.05, 3.63) is 17.0 Å². The molecule has 0 atom stereocenters. The molecule has 0 saturated heterocycles. The topological polar surface area (TPSA) is 35.0 Å². The van der Waals surface area contributed by atoms with Crippen molar-refractivity contribution in [1.82, 2.24) is 9.97 Å². The second-order valence-electron chi connectivity index (χ2n) is 4.30. The highest BCUT2D eigenvalue weighted by molar-refractivity contribution is 6.29. The first-order chi connectivity index (χ1) is 7.29. The van der Waals surface area contributed by atoms with E-state index in [0.717, 1.165) is 0 Å². The molecule has 1 heterocycles. The molecule has 0 unspecified atom stereocenters. The third kappa shape index (κ3) is 3.89. The van der Waals surface area contributed by atoms with Crippen LogP contribution in [0.15, 0.2) is 6.07 Å². The Balaban J connectivity index is 2.90. The number of hydrogen-bond acceptors (Lipinski definition) is 3. The molecule has 0 aliphatic heterocycles. The maximum Gasteiger partial charge on any atom is 0.272 e. The molecule has 0 amide bonds. The molecule has 0 aliphatic carbocycles. The third-order valence-electron chi connectivity index (χ3n) is 1.70. The molecular weight excluding hydrogens is 238 g/mol. The zero-order chi connectivity index (χ0) is 12.3. The average molecular weight is 251 g/mol. The van der Waals surface area contributed by atoms with Gasteiger partial charge in [0.15, 0.2) is 6.61 Å². The molecule has 1 rings (SSSR count). The van der Waals surface area contributed by atoms with Crippen LogP contribution in [0.4, 0.5) is 8.78 Å². The van der Waals surface area contributed by atoms with Gasteiger partial charge < -0.3 is 4.74 Å². The summed E-state index contributed by atoms with van der Waals surface area (Å²) in [5.74, 6) is 0.537. The van der Waals surface area contributed by atoms with Crippen LogP contribution in [0.5, 0.6) is 5.88 Å². The smallest absolute Gasteiger partial charge is 0.272 e. The minimum absolute atomic E-state index is 0.0743. The van der Waals surface area contributed by atoms with E-state index in [9.17, 15) is 8.78 Å². The SMILES string of the molecule is CC(C)(C)c1nc(Cl)cc(OCC(F)F)n1. The Morgan fingerprint density at radius 1 is 1.38 bits per heavy atom. The van der Waals surface area contributed by atoms with Crippen molar-refractivity contribution in [2.75, 3.05) is 6.61 Å². The van der Waals surface area contributed by atoms with Crippen molar-refractivity contribution < 1.29 is 13.5 Å². The summed E-state index contributed by atoms with van der Waals surface area (Å²) in [5, 5.41) is 0.184. The number of aromatic nitrogens is 2. The lowest BCUT2D eigenvalue weighted by molar-refractivity contribution is 0.0792. The van der Waals surface area contributed by atoms with Crippen LogP contribution in [0.1, 0.15) is 26.6 Å². The number of rotatable bonds is 3. The Bertz CT molecular complexity index is 366. The number of nitrogens with zero attached hydrogens (tertiary/aromatic N) is 2. The number of ether oxygens (including phenoxy) is 1. The molecule has 0 aromatic carbocycles. The first-order valence-electron chi connectivity index (χ1n) is 4.75. The predicted octanol–water partition coefficient (Wildman–Crippen LogP) is 3.07. The van der Waals surface area contributed by atoms with Crippen molar-refractivity contribution >= 4 is 11.6 Å². The third-order valence-corrected chi connectivity index (χ3v) is 1.89. The van der Waals surface area contributed by atoms with E-state index in [1.54, 1.807) is 0 Å². The van der Waals surface area contributed by atoms with Gasteiger partial charge in [-0.3, -0.25) is 0 Å². The van der Waals surface area contributed by atoms with Gasteiger partial charge in [0.1, 0.15) is 11.0 Å². The summed E-state index contributed by atoms with van der Waals surface area (Å²) in [6.45, 7) is 5.00. The molecule has 0 radical (unpaired) electrons. The summed E-state index contributed by atoms with van der Waals surface area (Å²) >= 11 is 5.75. The van der Waals surface area contributed by atoms with Crippen molar-refractivity contribution in [3.8, 4) is 5.88 Å². The average Bonchev–Trinajstić information content (AvgIpc) is 2.12. The van der Waals surface area contributed by atoms with Crippen LogP contribution >= 0.6 is 11.6 Å². The number of hydrogen-bond donors (Lipinski definition) is 0. The van der Waals surface area contributed by atoms with Crippen molar-refractivity contribution in [1.29, 1.82) is 0 Å². The summed E-state index contributed by atoms with van der Waals surface area (Å²) in [5.41, 5.74) is -0.312. The first-order valence-corrected chi connectivity index (χ1v) is 5.13. The second kappa shape index (κ2) is 4.91. The minimum atomic E-state index is -2.54. The lowest BCUT2D eigenvalue weighted by Gasteiger charge is -2.17. The van der Waals surface area contributed by atoms with E-state index in [1.807, 2.05) is 20.8 Å². The second-order valence-corrected chi connectivity index (χ2v) is 4.69. The Hall–Kier alpha value is -0.970. The molecule has 3 nitrogen and oxygen atoms in total. The predicted molar refractivity (Wildman–Crippen MR) is 57.2 cm³/mol. The van der Waals surface area contributed by atoms with Gasteiger partial charge in [0.2, 0.25) is 5.88 Å². The molecule has 6 heteroatoms. The van der Waals surface area contributed by atoms with Crippen molar-refractivity contribution in [2.45, 2.75) is 32.6 Å². The lowest BCUT2D eigenvalue weighted by atomic mass is 9.96. The van der Waals surface area contributed by atoms with E-state index < -0.39 is 13.0 Å². The molecule has 16 heavy (non-hydrogen) atoms. The molecule has 0 fully saturated rings. The van der Waals surface area contributed by atoms with E-state index in [1.165, 1.54) is 6.07 Å². The van der Waals surface area contributed by atoms with E-state index in [0.29, 0.717) is 5.82 Å². The molecule has 0 N–H and O–H groups in total. The molecule has 0 saturated carbocycles. The zero-order valence-electron chi connectivity index (χ0n) is 9.30. The monoisotopic (exact) mass is 250 g/mol. The van der Waals surface area contributed by atoms with Gasteiger partial charge in [-0.05, 0) is 0 Å². The minimum Gasteiger partial charge on any atom is -0.471 e. The molecule has 1 aromatic heterocycles. The molecular formula is C10H13ClF2N2O. The summed E-state index contributed by atoms with van der Waals surface area (Å²) in [7, 11) is 0. The van der Waals surface area contributed by atoms with Crippen molar-refractivity contribution in [2.24, 2.45) is 0 Å². The van der Waals surface area contributed by atoms with Gasteiger partial charge in [-0.15, -0.1) is 0 Å². The van der Waals surface area contributed by atoms with E-state index in [2.05, 4.69) is 9.97 Å². The van der Waals surface area contributed by atoms with Crippen molar-refractivity contribution in [3.63, 3.8) is 0 Å². The highest BCUT2D eigenvalue weighted by Gasteiger charge is 2.19. The van der Waals surface area contributed by atoms with Gasteiger partial charge in [-0.1, -0.05) is 32.4 Å². The van der Waals surface area contributed by atoms with Crippen LogP contribution in [0.3, 0.4) is 0 Å². The van der Waals surface area contributed by atoms with E-state index >= 15 is 0 Å². The molecule has 90 valence electrons. The molecule has 0 spiro atoms. The van der Waals surface area contributed by atoms with E-state index in [-0.39, 0.29) is 16.4 Å². The molecule has 1 aromatic rings. The maximum absolute atomic E-state index is 12.0. The Morgan fingerprint density at radius 3 is 2.50 bits per heavy atom. The molecule has 0 bridgehead atoms. The quantitative estimate of drug-likeness (QED) is 0.774. The number of halogens is 3. The van der Waals surface area contributed by atoms with Gasteiger partial charge in [0, 0.05) is 11.5 Å². The van der Waals surface area contributed by atoms with Gasteiger partial charge in [-0.2, -0.15) is 4.98 Å². The normalized spacial score (nSPS) is 11.9. The Kier molecular flexibility index (Phi) is 4.02. The van der Waals surface area contributed by atoms with Crippen LogP contribution in [0.2, 0.25) is 5.15 Å². The summed E-state index contributed by atoms with van der Waals surface area (Å²) in [4.78, 5) is 8.04. The van der Waals surface area contributed by atoms with Gasteiger partial charge in [0.25, 0.3) is 6.43 Å². The largest absolute Gasteiger partial charge is 0.471 e. The summed E-state index contributed by atoms with van der Waals surface area (Å²) < 4.78 is 28.7. The highest BCUT2D eigenvalue weighted by atomic mass is 35.5. The van der Waals surface area contributed by atoms with Crippen LogP contribution in [-0.4, -0.2) is 23.0 Å². The van der Waals surface area contributed by atoms with Gasteiger partial charge in [-0.25, -0.2) is 13.8 Å². The van der Waals surface area contributed by atoms with Crippen LogP contribution in [0.25, 0.3) is 0 Å². The van der Waals surface area contributed by atoms with Gasteiger partial charge >= 0.3 is 0 Å². The Labute approximate surface area is 97.8 Å². The molecule has 0 aliphatic rings. The Morgan fingerprint density at radius 2 is 2.00 bits per heavy atom. The lowest BCUT2D eigenvalue weighted by Crippen LogP contribution is -2.17. The summed E-state index contributed by atoms with van der Waals surface area (Å²) in [6.07, 6.45) is -2.54. The standard InChI is InChI=1S/C10H13ClF2N2O/c1-10(2,3)9-14-6(11)4-8(15-9)16-5-7(12)13/h4,7H,5H2,1-3H3. The number of alkyl halides is 2. The van der Waals surface area contributed by atoms with Gasteiger partial charge in [0.05, 0.1) is 0 Å². The fourth-order valence-corrected chi connectivity index (χ4v) is 1.13. The van der Waals surface area contributed by atoms with E-state index in [4.69, 9.17) is 16.3 Å². The van der Waals surface area contributed by atoms with Crippen LogP contribution in [0, 0.1) is 0 Å². The maximum atomic E-state index is 12.0. The highest BCUT2D eigenvalue weighted by Crippen LogP contribution is 2.23. The fourth-order valence-electron chi connectivity index (χ4n) is 0.955. The first kappa shape index (κ1) is 13.1. The van der Waals surface area contributed by atoms with Crippen LogP contribution < -0.4 is 4.74 Å². The fraction of sp³-hybridized carbons (Fsp3) is 0.600. The zero-order valence-corrected chi connectivity index (χ0v) is 10.1.